The highest BCUT2D eigenvalue weighted by Crippen LogP contribution is 2.31. The summed E-state index contributed by atoms with van der Waals surface area (Å²) < 4.78 is 13.2. The molecule has 0 saturated carbocycles. The summed E-state index contributed by atoms with van der Waals surface area (Å²) >= 11 is 11.7. The van der Waals surface area contributed by atoms with Crippen molar-refractivity contribution in [2.45, 2.75) is 6.92 Å². The number of hydrogen-bond acceptors (Lipinski definition) is 2. The van der Waals surface area contributed by atoms with Crippen molar-refractivity contribution in [1.29, 1.82) is 0 Å². The Labute approximate surface area is 115 Å². The summed E-state index contributed by atoms with van der Waals surface area (Å²) in [6.45, 7) is 1.88. The number of nitrogens with one attached hydrogen (secondary N) is 1. The van der Waals surface area contributed by atoms with E-state index in [1.807, 2.05) is 19.1 Å². The normalized spacial score (nSPS) is 10.4. The molecule has 5 heteroatoms. The van der Waals surface area contributed by atoms with Crippen molar-refractivity contribution >= 4 is 40.3 Å². The molecule has 3 N–H and O–H groups in total. The molecule has 0 aliphatic heterocycles. The van der Waals surface area contributed by atoms with E-state index in [1.165, 1.54) is 12.1 Å². The van der Waals surface area contributed by atoms with Crippen molar-refractivity contribution in [1.82, 2.24) is 0 Å². The number of nitrogen functional groups attached to an aromatic ring is 1. The van der Waals surface area contributed by atoms with E-state index in [2.05, 4.69) is 5.32 Å². The second kappa shape index (κ2) is 5.04. The highest BCUT2D eigenvalue weighted by Gasteiger charge is 2.08. The number of anilines is 3. The van der Waals surface area contributed by atoms with Crippen LogP contribution in [-0.2, 0) is 0 Å². The van der Waals surface area contributed by atoms with Gasteiger partial charge in [-0.15, -0.1) is 0 Å². The van der Waals surface area contributed by atoms with E-state index in [0.29, 0.717) is 10.7 Å². The van der Waals surface area contributed by atoms with Gasteiger partial charge in [-0.05, 0) is 30.7 Å². The van der Waals surface area contributed by atoms with Crippen LogP contribution < -0.4 is 11.1 Å². The van der Waals surface area contributed by atoms with Gasteiger partial charge in [0.2, 0.25) is 0 Å². The first kappa shape index (κ1) is 13.0. The first-order chi connectivity index (χ1) is 8.49. The molecule has 18 heavy (non-hydrogen) atoms. The summed E-state index contributed by atoms with van der Waals surface area (Å²) in [7, 11) is 0. The Hall–Kier alpha value is -1.45. The van der Waals surface area contributed by atoms with Gasteiger partial charge in [0.05, 0.1) is 16.4 Å². The molecule has 0 heterocycles. The minimum Gasteiger partial charge on any atom is -0.397 e. The first-order valence-corrected chi connectivity index (χ1v) is 6.01. The lowest BCUT2D eigenvalue weighted by atomic mass is 10.2. The smallest absolute Gasteiger partial charge is 0.143 e. The average molecular weight is 285 g/mol. The number of halogens is 3. The molecule has 0 aromatic heterocycles. The molecule has 0 fully saturated rings. The second-order valence-corrected chi connectivity index (χ2v) is 4.71. The van der Waals surface area contributed by atoms with Crippen molar-refractivity contribution in [3.8, 4) is 0 Å². The molecular formula is C13H11Cl2FN2. The molecule has 0 aliphatic carbocycles. The molecule has 0 saturated heterocycles. The summed E-state index contributed by atoms with van der Waals surface area (Å²) in [4.78, 5) is 0. The Morgan fingerprint density at radius 1 is 1.11 bits per heavy atom. The van der Waals surface area contributed by atoms with Crippen LogP contribution in [0, 0.1) is 12.7 Å². The van der Waals surface area contributed by atoms with Gasteiger partial charge in [0, 0.05) is 16.8 Å². The first-order valence-electron chi connectivity index (χ1n) is 5.25. The van der Waals surface area contributed by atoms with Crippen molar-refractivity contribution in [2.75, 3.05) is 11.1 Å². The van der Waals surface area contributed by atoms with Crippen LogP contribution in [0.5, 0.6) is 0 Å². The van der Waals surface area contributed by atoms with Gasteiger partial charge in [-0.25, -0.2) is 4.39 Å². The Morgan fingerprint density at radius 3 is 2.56 bits per heavy atom. The van der Waals surface area contributed by atoms with Gasteiger partial charge in [0.15, 0.2) is 0 Å². The minimum atomic E-state index is -0.539. The van der Waals surface area contributed by atoms with Crippen LogP contribution in [0.15, 0.2) is 30.3 Å². The highest BCUT2D eigenvalue weighted by molar-refractivity contribution is 6.32. The molecular weight excluding hydrogens is 274 g/mol. The lowest BCUT2D eigenvalue weighted by Gasteiger charge is -2.13. The maximum atomic E-state index is 13.2. The van der Waals surface area contributed by atoms with Crippen molar-refractivity contribution in [3.05, 3.63) is 51.8 Å². The van der Waals surface area contributed by atoms with Crippen LogP contribution in [0.4, 0.5) is 21.5 Å². The summed E-state index contributed by atoms with van der Waals surface area (Å²) in [5, 5.41) is 3.75. The Bertz CT molecular complexity index is 600. The molecule has 2 rings (SSSR count). The maximum Gasteiger partial charge on any atom is 0.143 e. The zero-order valence-electron chi connectivity index (χ0n) is 9.60. The van der Waals surface area contributed by atoms with Crippen LogP contribution in [0.25, 0.3) is 0 Å². The van der Waals surface area contributed by atoms with Crippen LogP contribution >= 0.6 is 23.2 Å². The number of rotatable bonds is 2. The molecule has 94 valence electrons. The van der Waals surface area contributed by atoms with E-state index < -0.39 is 5.82 Å². The molecule has 0 atom stereocenters. The SMILES string of the molecule is Cc1c(Cl)cccc1Nc1cc(Cl)c(F)cc1N. The van der Waals surface area contributed by atoms with E-state index in [-0.39, 0.29) is 10.7 Å². The van der Waals surface area contributed by atoms with E-state index in [4.69, 9.17) is 28.9 Å². The van der Waals surface area contributed by atoms with Gasteiger partial charge in [0.1, 0.15) is 5.82 Å². The predicted octanol–water partition coefficient (Wildman–Crippen LogP) is 4.77. The molecule has 0 bridgehead atoms. The molecule has 2 aromatic rings. The minimum absolute atomic E-state index is 0.0198. The van der Waals surface area contributed by atoms with Gasteiger partial charge in [-0.1, -0.05) is 29.3 Å². The molecule has 0 aliphatic rings. The summed E-state index contributed by atoms with van der Waals surface area (Å²) in [5.41, 5.74) is 8.26. The zero-order valence-corrected chi connectivity index (χ0v) is 11.1. The summed E-state index contributed by atoms with van der Waals surface area (Å²) in [6, 6.07) is 8.11. The second-order valence-electron chi connectivity index (χ2n) is 3.89. The van der Waals surface area contributed by atoms with E-state index in [1.54, 1.807) is 6.07 Å². The van der Waals surface area contributed by atoms with E-state index in [9.17, 15) is 4.39 Å². The van der Waals surface area contributed by atoms with Gasteiger partial charge < -0.3 is 11.1 Å². The third-order valence-electron chi connectivity index (χ3n) is 2.63. The lowest BCUT2D eigenvalue weighted by molar-refractivity contribution is 0.629. The standard InChI is InChI=1S/C13H11Cl2FN2/c1-7-8(14)3-2-4-12(7)18-13-5-9(15)10(16)6-11(13)17/h2-6,18H,17H2,1H3. The molecule has 0 amide bonds. The topological polar surface area (TPSA) is 38.0 Å². The van der Waals surface area contributed by atoms with Gasteiger partial charge >= 0.3 is 0 Å². The van der Waals surface area contributed by atoms with Crippen molar-refractivity contribution < 1.29 is 4.39 Å². The molecule has 0 spiro atoms. The van der Waals surface area contributed by atoms with E-state index in [0.717, 1.165) is 11.3 Å². The number of benzene rings is 2. The zero-order chi connectivity index (χ0) is 13.3. The lowest BCUT2D eigenvalue weighted by Crippen LogP contribution is -1.99. The van der Waals surface area contributed by atoms with Gasteiger partial charge in [-0.2, -0.15) is 0 Å². The van der Waals surface area contributed by atoms with Crippen LogP contribution in [-0.4, -0.2) is 0 Å². The molecule has 2 aromatic carbocycles. The third kappa shape index (κ3) is 2.52. The Morgan fingerprint density at radius 2 is 1.83 bits per heavy atom. The van der Waals surface area contributed by atoms with Crippen LogP contribution in [0.1, 0.15) is 5.56 Å². The monoisotopic (exact) mass is 284 g/mol. The summed E-state index contributed by atoms with van der Waals surface area (Å²) in [5.74, 6) is -0.539. The van der Waals surface area contributed by atoms with Crippen molar-refractivity contribution in [3.63, 3.8) is 0 Å². The fourth-order valence-corrected chi connectivity index (χ4v) is 1.90. The van der Waals surface area contributed by atoms with Gasteiger partial charge in [-0.3, -0.25) is 0 Å². The quantitative estimate of drug-likeness (QED) is 0.780. The Balaban J connectivity index is 2.40. The van der Waals surface area contributed by atoms with Gasteiger partial charge in [0.25, 0.3) is 0 Å². The molecule has 2 nitrogen and oxygen atoms in total. The maximum absolute atomic E-state index is 13.2. The largest absolute Gasteiger partial charge is 0.397 e. The number of hydrogen-bond donors (Lipinski definition) is 2. The number of nitrogens with two attached hydrogens (primary N) is 1. The average Bonchev–Trinajstić information content (AvgIpc) is 2.32. The summed E-state index contributed by atoms with van der Waals surface area (Å²) in [6.07, 6.45) is 0. The fraction of sp³-hybridized carbons (Fsp3) is 0.0769. The van der Waals surface area contributed by atoms with Crippen LogP contribution in [0.3, 0.4) is 0 Å². The third-order valence-corrected chi connectivity index (χ3v) is 3.33. The fourth-order valence-electron chi connectivity index (χ4n) is 1.56. The molecule has 0 radical (unpaired) electrons. The molecule has 0 unspecified atom stereocenters. The Kier molecular flexibility index (Phi) is 3.64. The van der Waals surface area contributed by atoms with Crippen LogP contribution in [0.2, 0.25) is 10.0 Å². The van der Waals surface area contributed by atoms with Crippen molar-refractivity contribution in [2.24, 2.45) is 0 Å². The predicted molar refractivity (Wildman–Crippen MR) is 75.3 cm³/mol. The van der Waals surface area contributed by atoms with E-state index >= 15 is 0 Å². The highest BCUT2D eigenvalue weighted by atomic mass is 35.5.